The topological polar surface area (TPSA) is 43.6 Å². The highest BCUT2D eigenvalue weighted by atomic mass is 35.5. The zero-order valence-corrected chi connectivity index (χ0v) is 17.8. The van der Waals surface area contributed by atoms with E-state index in [9.17, 15) is 0 Å². The van der Waals surface area contributed by atoms with Gasteiger partial charge in [-0.25, -0.2) is 4.98 Å². The van der Waals surface area contributed by atoms with E-state index in [0.717, 1.165) is 51.0 Å². The van der Waals surface area contributed by atoms with Gasteiger partial charge in [-0.05, 0) is 24.4 Å². The molecule has 0 atom stereocenters. The van der Waals surface area contributed by atoms with Crippen LogP contribution in [-0.4, -0.2) is 19.7 Å². The third-order valence-corrected chi connectivity index (χ3v) is 7.16. The van der Waals surface area contributed by atoms with Gasteiger partial charge in [0.15, 0.2) is 5.16 Å². The molecule has 138 valence electrons. The van der Waals surface area contributed by atoms with Gasteiger partial charge >= 0.3 is 0 Å². The van der Waals surface area contributed by atoms with Gasteiger partial charge in [-0.1, -0.05) is 47.6 Å². The molecule has 0 spiro atoms. The number of thiophene rings is 1. The third-order valence-electron chi connectivity index (χ3n) is 4.03. The number of aromatic nitrogens is 4. The summed E-state index contributed by atoms with van der Waals surface area (Å²) in [6, 6.07) is 12.0. The maximum absolute atomic E-state index is 6.28. The third kappa shape index (κ3) is 4.27. The molecule has 0 aliphatic heterocycles. The molecular formula is C19H17ClN4S3. The highest BCUT2D eigenvalue weighted by molar-refractivity contribution is 7.98. The van der Waals surface area contributed by atoms with Crippen molar-refractivity contribution >= 4 is 46.0 Å². The van der Waals surface area contributed by atoms with E-state index in [1.165, 1.54) is 4.88 Å². The smallest absolute Gasteiger partial charge is 0.191 e. The van der Waals surface area contributed by atoms with Crippen LogP contribution in [-0.2, 0) is 18.7 Å². The Labute approximate surface area is 175 Å². The summed E-state index contributed by atoms with van der Waals surface area (Å²) in [5.41, 5.74) is 2.01. The molecule has 0 aliphatic rings. The molecule has 0 saturated carbocycles. The Bertz CT molecular complexity index is 1020. The van der Waals surface area contributed by atoms with Crippen LogP contribution < -0.4 is 0 Å². The van der Waals surface area contributed by atoms with Crippen molar-refractivity contribution < 1.29 is 0 Å². The van der Waals surface area contributed by atoms with E-state index < -0.39 is 0 Å². The molecule has 3 heterocycles. The number of hydrogen-bond acceptors (Lipinski definition) is 6. The maximum Gasteiger partial charge on any atom is 0.191 e. The quantitative estimate of drug-likeness (QED) is 0.335. The van der Waals surface area contributed by atoms with Gasteiger partial charge in [-0.2, -0.15) is 0 Å². The molecule has 3 aromatic heterocycles. The van der Waals surface area contributed by atoms with Gasteiger partial charge in [0.25, 0.3) is 0 Å². The van der Waals surface area contributed by atoms with Crippen LogP contribution in [0.25, 0.3) is 10.6 Å². The molecule has 0 fully saturated rings. The number of nitrogens with zero attached hydrogens (tertiary/aromatic N) is 4. The van der Waals surface area contributed by atoms with Crippen molar-refractivity contribution in [2.75, 3.05) is 0 Å². The Morgan fingerprint density at radius 2 is 2.00 bits per heavy atom. The number of rotatable bonds is 7. The lowest BCUT2D eigenvalue weighted by Gasteiger charge is -2.06. The van der Waals surface area contributed by atoms with Gasteiger partial charge in [0.2, 0.25) is 0 Å². The van der Waals surface area contributed by atoms with Crippen LogP contribution in [0, 0.1) is 0 Å². The van der Waals surface area contributed by atoms with Crippen molar-refractivity contribution in [2.45, 2.75) is 30.8 Å². The van der Waals surface area contributed by atoms with E-state index in [4.69, 9.17) is 16.6 Å². The zero-order chi connectivity index (χ0) is 18.6. The summed E-state index contributed by atoms with van der Waals surface area (Å²) < 4.78 is 2.19. The first kappa shape index (κ1) is 18.7. The Kier molecular flexibility index (Phi) is 5.92. The highest BCUT2D eigenvalue weighted by Crippen LogP contribution is 2.32. The normalized spacial score (nSPS) is 11.2. The number of halogens is 1. The summed E-state index contributed by atoms with van der Waals surface area (Å²) in [6.07, 6.45) is 0.826. The largest absolute Gasteiger partial charge is 0.306 e. The monoisotopic (exact) mass is 432 g/mol. The summed E-state index contributed by atoms with van der Waals surface area (Å²) in [5, 5.41) is 15.6. The van der Waals surface area contributed by atoms with Crippen molar-refractivity contribution in [2.24, 2.45) is 0 Å². The Morgan fingerprint density at radius 1 is 1.11 bits per heavy atom. The Morgan fingerprint density at radius 3 is 2.78 bits per heavy atom. The molecule has 4 rings (SSSR count). The number of benzene rings is 1. The lowest BCUT2D eigenvalue weighted by molar-refractivity contribution is 0.652. The first-order chi connectivity index (χ1) is 13.2. The van der Waals surface area contributed by atoms with E-state index in [2.05, 4.69) is 44.6 Å². The summed E-state index contributed by atoms with van der Waals surface area (Å²) in [7, 11) is 0. The second kappa shape index (κ2) is 8.56. The first-order valence-corrected chi connectivity index (χ1v) is 11.6. The lowest BCUT2D eigenvalue weighted by Crippen LogP contribution is -2.03. The standard InChI is InChI=1S/C19H17ClN4S3/c1-2-24-17(10-14-6-5-9-25-14)22-23-19(24)27-12-13-11-26-18(21-13)15-7-3-4-8-16(15)20/h3-9,11H,2,10,12H2,1H3. The van der Waals surface area contributed by atoms with Crippen molar-refractivity contribution in [3.8, 4) is 10.6 Å². The minimum Gasteiger partial charge on any atom is -0.306 e. The van der Waals surface area contributed by atoms with Gasteiger partial charge in [0.05, 0.1) is 10.7 Å². The first-order valence-electron chi connectivity index (χ1n) is 8.51. The van der Waals surface area contributed by atoms with Crippen molar-refractivity contribution in [3.05, 3.63) is 68.6 Å². The molecule has 0 bridgehead atoms. The summed E-state index contributed by atoms with van der Waals surface area (Å²) in [6.45, 7) is 2.99. The van der Waals surface area contributed by atoms with Crippen LogP contribution in [0.3, 0.4) is 0 Å². The van der Waals surface area contributed by atoms with Crippen molar-refractivity contribution in [1.82, 2.24) is 19.7 Å². The van der Waals surface area contributed by atoms with E-state index in [1.807, 2.05) is 24.3 Å². The van der Waals surface area contributed by atoms with Crippen molar-refractivity contribution in [3.63, 3.8) is 0 Å². The fourth-order valence-electron chi connectivity index (χ4n) is 2.71. The predicted octanol–water partition coefficient (Wildman–Crippen LogP) is 6.02. The molecule has 0 amide bonds. The van der Waals surface area contributed by atoms with Crippen LogP contribution in [0.5, 0.6) is 0 Å². The number of thiazole rings is 1. The van der Waals surface area contributed by atoms with Gasteiger partial charge in [0.1, 0.15) is 10.8 Å². The molecular weight excluding hydrogens is 416 g/mol. The van der Waals surface area contributed by atoms with Gasteiger partial charge in [-0.3, -0.25) is 0 Å². The van der Waals surface area contributed by atoms with E-state index in [-0.39, 0.29) is 0 Å². The summed E-state index contributed by atoms with van der Waals surface area (Å²) in [4.78, 5) is 6.04. The van der Waals surface area contributed by atoms with E-state index in [0.29, 0.717) is 0 Å². The molecule has 0 unspecified atom stereocenters. The fraction of sp³-hybridized carbons (Fsp3) is 0.211. The van der Waals surface area contributed by atoms with Crippen LogP contribution >= 0.6 is 46.0 Å². The second-order valence-corrected chi connectivity index (χ2v) is 9.05. The van der Waals surface area contributed by atoms with Crippen LogP contribution in [0.15, 0.2) is 52.3 Å². The maximum atomic E-state index is 6.28. The minimum absolute atomic E-state index is 0.731. The van der Waals surface area contributed by atoms with Gasteiger partial charge in [-0.15, -0.1) is 32.9 Å². The molecule has 4 aromatic rings. The molecule has 1 aromatic carbocycles. The van der Waals surface area contributed by atoms with Crippen LogP contribution in [0.4, 0.5) is 0 Å². The van der Waals surface area contributed by atoms with E-state index in [1.54, 1.807) is 34.4 Å². The SMILES string of the molecule is CCn1c(Cc2cccs2)nnc1SCc1csc(-c2ccccc2Cl)n1. The average Bonchev–Trinajstić information content (AvgIpc) is 3.42. The molecule has 8 heteroatoms. The number of hydrogen-bond donors (Lipinski definition) is 0. The molecule has 0 radical (unpaired) electrons. The van der Waals surface area contributed by atoms with Gasteiger partial charge in [0, 0.05) is 34.5 Å². The van der Waals surface area contributed by atoms with Gasteiger partial charge < -0.3 is 4.57 Å². The highest BCUT2D eigenvalue weighted by Gasteiger charge is 2.14. The minimum atomic E-state index is 0.731. The molecule has 27 heavy (non-hydrogen) atoms. The van der Waals surface area contributed by atoms with Crippen molar-refractivity contribution in [1.29, 1.82) is 0 Å². The zero-order valence-electron chi connectivity index (χ0n) is 14.6. The fourth-order valence-corrected chi connectivity index (χ4v) is 5.57. The molecule has 4 nitrogen and oxygen atoms in total. The molecule has 0 N–H and O–H groups in total. The summed E-state index contributed by atoms with van der Waals surface area (Å²) in [5.74, 6) is 1.77. The Hall–Kier alpha value is -1.67. The Balaban J connectivity index is 1.46. The molecule has 0 saturated heterocycles. The second-order valence-electron chi connectivity index (χ2n) is 5.81. The predicted molar refractivity (Wildman–Crippen MR) is 115 cm³/mol. The van der Waals surface area contributed by atoms with Crippen LogP contribution in [0.2, 0.25) is 5.02 Å². The van der Waals surface area contributed by atoms with Crippen LogP contribution in [0.1, 0.15) is 23.3 Å². The molecule has 0 aliphatic carbocycles. The number of thioether (sulfide) groups is 1. The van der Waals surface area contributed by atoms with E-state index >= 15 is 0 Å². The lowest BCUT2D eigenvalue weighted by atomic mass is 10.2. The summed E-state index contributed by atoms with van der Waals surface area (Å²) >= 11 is 11.3. The average molecular weight is 433 g/mol.